The first-order valence-electron chi connectivity index (χ1n) is 10.3. The number of unbranched alkanes of at least 4 members (excludes halogenated alkanes) is 2. The molecule has 0 aliphatic rings. The molecule has 0 aliphatic carbocycles. The molecular formula is C22H29N5O3. The molecule has 0 saturated heterocycles. The number of fused-ring (bicyclic) bond motifs is 3. The lowest BCUT2D eigenvalue weighted by Gasteiger charge is -2.16. The fourth-order valence-electron chi connectivity index (χ4n) is 3.53. The average molecular weight is 412 g/mol. The van der Waals surface area contributed by atoms with Crippen LogP contribution in [-0.2, 0) is 4.79 Å². The Hall–Kier alpha value is -3.03. The topological polar surface area (TPSA) is 109 Å². The minimum atomic E-state index is -0.987. The number of nitrogens with zero attached hydrogens (tertiary/aromatic N) is 4. The summed E-state index contributed by atoms with van der Waals surface area (Å²) in [6.45, 7) is 8.79. The quantitative estimate of drug-likeness (QED) is 0.506. The van der Waals surface area contributed by atoms with Gasteiger partial charge < -0.3 is 10.4 Å². The van der Waals surface area contributed by atoms with E-state index in [9.17, 15) is 14.7 Å². The second-order valence-corrected chi connectivity index (χ2v) is 8.89. The smallest absolute Gasteiger partial charge is 0.335 e. The van der Waals surface area contributed by atoms with Crippen LogP contribution in [0.1, 0.15) is 69.1 Å². The zero-order valence-electron chi connectivity index (χ0n) is 18.0. The number of rotatable bonds is 9. The maximum Gasteiger partial charge on any atom is 0.335 e. The molecule has 2 aromatic heterocycles. The van der Waals surface area contributed by atoms with Crippen LogP contribution in [0.5, 0.6) is 0 Å². The van der Waals surface area contributed by atoms with Crippen molar-refractivity contribution in [3.05, 3.63) is 29.6 Å². The summed E-state index contributed by atoms with van der Waals surface area (Å²) in [5.41, 5.74) is 2.15. The molecule has 0 atom stereocenters. The molecule has 0 bridgehead atoms. The van der Waals surface area contributed by atoms with E-state index in [0.717, 1.165) is 19.3 Å². The lowest BCUT2D eigenvalue weighted by atomic mass is 9.88. The summed E-state index contributed by atoms with van der Waals surface area (Å²) < 4.78 is 1.82. The van der Waals surface area contributed by atoms with Crippen molar-refractivity contribution >= 4 is 34.3 Å². The number of carbonyl (C=O) groups excluding carboxylic acids is 1. The number of carboxylic acid groups (broad SMARTS) is 1. The summed E-state index contributed by atoms with van der Waals surface area (Å²) in [5, 5.41) is 20.9. The third-order valence-electron chi connectivity index (χ3n) is 4.88. The van der Waals surface area contributed by atoms with Crippen molar-refractivity contribution in [2.75, 3.05) is 11.9 Å². The molecule has 3 rings (SSSR count). The van der Waals surface area contributed by atoms with E-state index in [4.69, 9.17) is 0 Å². The molecule has 0 amide bonds. The van der Waals surface area contributed by atoms with Crippen LogP contribution >= 0.6 is 0 Å². The van der Waals surface area contributed by atoms with Gasteiger partial charge in [-0.1, -0.05) is 27.2 Å². The Morgan fingerprint density at radius 3 is 2.60 bits per heavy atom. The van der Waals surface area contributed by atoms with Gasteiger partial charge in [-0.05, 0) is 43.4 Å². The molecule has 0 radical (unpaired) electrons. The Morgan fingerprint density at radius 2 is 1.90 bits per heavy atom. The number of Topliss-reactive ketones (excluding diaryl/α,β-unsaturated/α-hetero) is 1. The van der Waals surface area contributed by atoms with E-state index >= 15 is 0 Å². The van der Waals surface area contributed by atoms with Gasteiger partial charge in [0.25, 0.3) is 0 Å². The van der Waals surface area contributed by atoms with Crippen molar-refractivity contribution < 1.29 is 14.7 Å². The minimum absolute atomic E-state index is 0.0490. The number of anilines is 1. The van der Waals surface area contributed by atoms with Crippen LogP contribution in [-0.4, -0.2) is 43.0 Å². The molecule has 0 aliphatic heterocycles. The number of benzene rings is 1. The van der Waals surface area contributed by atoms with Crippen LogP contribution in [0, 0.1) is 12.3 Å². The van der Waals surface area contributed by atoms with Gasteiger partial charge in [-0.3, -0.25) is 9.20 Å². The molecule has 30 heavy (non-hydrogen) atoms. The number of hydrogen-bond acceptors (Lipinski definition) is 6. The molecule has 0 saturated carbocycles. The average Bonchev–Trinajstić information content (AvgIpc) is 3.05. The normalized spacial score (nSPS) is 11.9. The molecule has 0 spiro atoms. The van der Waals surface area contributed by atoms with E-state index in [1.165, 1.54) is 0 Å². The van der Waals surface area contributed by atoms with Crippen LogP contribution in [0.25, 0.3) is 16.7 Å². The summed E-state index contributed by atoms with van der Waals surface area (Å²) in [5.74, 6) is 0.627. The van der Waals surface area contributed by atoms with E-state index < -0.39 is 5.97 Å². The highest BCUT2D eigenvalue weighted by atomic mass is 16.4. The van der Waals surface area contributed by atoms with E-state index in [1.807, 2.05) is 11.3 Å². The molecular weight excluding hydrogens is 382 g/mol. The molecule has 8 heteroatoms. The summed E-state index contributed by atoms with van der Waals surface area (Å²) in [7, 11) is 0. The van der Waals surface area contributed by atoms with E-state index in [2.05, 4.69) is 41.3 Å². The lowest BCUT2D eigenvalue weighted by molar-refractivity contribution is -0.120. The van der Waals surface area contributed by atoms with Gasteiger partial charge in [-0.25, -0.2) is 9.78 Å². The highest BCUT2D eigenvalue weighted by Crippen LogP contribution is 2.23. The molecule has 0 unspecified atom stereocenters. The third kappa shape index (κ3) is 5.11. The molecule has 2 N–H and O–H groups in total. The number of carbonyl (C=O) groups is 2. The molecule has 8 nitrogen and oxygen atoms in total. The monoisotopic (exact) mass is 411 g/mol. The zero-order chi connectivity index (χ0) is 21.9. The van der Waals surface area contributed by atoms with Crippen molar-refractivity contribution in [2.24, 2.45) is 5.41 Å². The van der Waals surface area contributed by atoms with Gasteiger partial charge in [0.05, 0.1) is 16.6 Å². The van der Waals surface area contributed by atoms with Gasteiger partial charge in [0.1, 0.15) is 11.6 Å². The maximum atomic E-state index is 12.0. The first kappa shape index (κ1) is 21.7. The van der Waals surface area contributed by atoms with Crippen LogP contribution in [0.15, 0.2) is 18.2 Å². The van der Waals surface area contributed by atoms with Crippen molar-refractivity contribution in [3.8, 4) is 0 Å². The zero-order valence-corrected chi connectivity index (χ0v) is 18.0. The molecule has 2 heterocycles. The largest absolute Gasteiger partial charge is 0.478 e. The molecule has 0 fully saturated rings. The first-order valence-corrected chi connectivity index (χ1v) is 10.3. The number of aromatic carboxylic acids is 1. The Labute approximate surface area is 175 Å². The second-order valence-electron chi connectivity index (χ2n) is 8.89. The van der Waals surface area contributed by atoms with Crippen molar-refractivity contribution in [1.29, 1.82) is 0 Å². The third-order valence-corrected chi connectivity index (χ3v) is 4.88. The first-order chi connectivity index (χ1) is 14.2. The van der Waals surface area contributed by atoms with Crippen molar-refractivity contribution in [3.63, 3.8) is 0 Å². The number of aryl methyl sites for hydroxylation is 1. The Bertz CT molecular complexity index is 1080. The lowest BCUT2D eigenvalue weighted by Crippen LogP contribution is -2.12. The van der Waals surface area contributed by atoms with Gasteiger partial charge in [0, 0.05) is 19.4 Å². The summed E-state index contributed by atoms with van der Waals surface area (Å²) in [6.07, 6.45) is 4.02. The fourth-order valence-corrected chi connectivity index (χ4v) is 3.53. The minimum Gasteiger partial charge on any atom is -0.478 e. The fraction of sp³-hybridized carbons (Fsp3) is 0.500. The Kier molecular flexibility index (Phi) is 6.34. The number of ketones is 1. The maximum absolute atomic E-state index is 12.0. The number of carboxylic acids is 1. The molecule has 160 valence electrons. The number of nitrogens with one attached hydrogen (secondary N) is 1. The summed E-state index contributed by atoms with van der Waals surface area (Å²) >= 11 is 0. The van der Waals surface area contributed by atoms with Gasteiger partial charge in [-0.2, -0.15) is 0 Å². The van der Waals surface area contributed by atoms with Crippen LogP contribution in [0.4, 0.5) is 5.82 Å². The van der Waals surface area contributed by atoms with Gasteiger partial charge in [0.15, 0.2) is 5.82 Å². The van der Waals surface area contributed by atoms with E-state index in [-0.39, 0.29) is 11.0 Å². The van der Waals surface area contributed by atoms with Crippen LogP contribution in [0.3, 0.4) is 0 Å². The van der Waals surface area contributed by atoms with Gasteiger partial charge >= 0.3 is 5.97 Å². The van der Waals surface area contributed by atoms with Gasteiger partial charge in [0.2, 0.25) is 5.65 Å². The van der Waals surface area contributed by atoms with Crippen molar-refractivity contribution in [1.82, 2.24) is 19.6 Å². The Morgan fingerprint density at radius 1 is 1.13 bits per heavy atom. The molecule has 3 aromatic rings. The van der Waals surface area contributed by atoms with E-state index in [1.54, 1.807) is 18.2 Å². The predicted molar refractivity (Wildman–Crippen MR) is 116 cm³/mol. The highest BCUT2D eigenvalue weighted by Gasteiger charge is 2.16. The summed E-state index contributed by atoms with van der Waals surface area (Å²) in [4.78, 5) is 27.9. The summed E-state index contributed by atoms with van der Waals surface area (Å²) in [6, 6.07) is 4.83. The predicted octanol–water partition coefficient (Wildman–Crippen LogP) is 4.26. The standard InChI is InChI=1S/C22H29N5O3/c1-14-25-26-20-19(23-11-7-5-6-8-16(28)13-22(2,3)4)24-17-10-9-15(21(29)30)12-18(17)27(14)20/h9-10,12H,5-8,11,13H2,1-4H3,(H,23,24)(H,29,30). The Balaban J connectivity index is 1.65. The second kappa shape index (κ2) is 8.77. The van der Waals surface area contributed by atoms with Crippen molar-refractivity contribution in [2.45, 2.75) is 59.8 Å². The van der Waals surface area contributed by atoms with E-state index in [0.29, 0.717) is 53.5 Å². The molecule has 1 aromatic carbocycles. The van der Waals surface area contributed by atoms with Gasteiger partial charge in [-0.15, -0.1) is 10.2 Å². The SMILES string of the molecule is Cc1nnc2c(NCCCCCC(=O)CC(C)(C)C)nc3ccc(C(=O)O)cc3n12. The number of hydrogen-bond donors (Lipinski definition) is 2. The van der Waals surface area contributed by atoms with Crippen LogP contribution in [0.2, 0.25) is 0 Å². The highest BCUT2D eigenvalue weighted by molar-refractivity contribution is 5.93. The van der Waals surface area contributed by atoms with Crippen LogP contribution < -0.4 is 5.32 Å². The number of aromatic nitrogens is 4.